The third-order valence-electron chi connectivity index (χ3n) is 5.16. The highest BCUT2D eigenvalue weighted by Crippen LogP contribution is 2.46. The Morgan fingerprint density at radius 1 is 1.30 bits per heavy atom. The summed E-state index contributed by atoms with van der Waals surface area (Å²) in [5.41, 5.74) is 3.45. The molecule has 1 atom stereocenters. The van der Waals surface area contributed by atoms with Gasteiger partial charge in [0.2, 0.25) is 0 Å². The van der Waals surface area contributed by atoms with Gasteiger partial charge in [0.1, 0.15) is 11.6 Å². The number of benzene rings is 2. The SMILES string of the molecule is CCCCOc1ccc(F)cc1-c1ccc2c(c1)CC(C)(C)C2NC(=O)O. The van der Waals surface area contributed by atoms with Crippen molar-refractivity contribution in [3.8, 4) is 16.9 Å². The summed E-state index contributed by atoms with van der Waals surface area (Å²) in [4.78, 5) is 11.2. The number of fused-ring (bicyclic) bond motifs is 1. The molecule has 0 aliphatic heterocycles. The van der Waals surface area contributed by atoms with Gasteiger partial charge in [-0.3, -0.25) is 0 Å². The number of hydrogen-bond acceptors (Lipinski definition) is 2. The second-order valence-corrected chi connectivity index (χ2v) is 7.80. The van der Waals surface area contributed by atoms with Crippen LogP contribution in [0.3, 0.4) is 0 Å². The number of carbonyl (C=O) groups is 1. The van der Waals surface area contributed by atoms with Crippen LogP contribution >= 0.6 is 0 Å². The van der Waals surface area contributed by atoms with Crippen LogP contribution in [-0.4, -0.2) is 17.8 Å². The van der Waals surface area contributed by atoms with E-state index in [0.717, 1.165) is 41.5 Å². The lowest BCUT2D eigenvalue weighted by atomic mass is 9.85. The molecule has 0 saturated heterocycles. The van der Waals surface area contributed by atoms with Crippen molar-refractivity contribution < 1.29 is 19.0 Å². The molecule has 4 nitrogen and oxygen atoms in total. The lowest BCUT2D eigenvalue weighted by molar-refractivity contribution is 0.175. The smallest absolute Gasteiger partial charge is 0.405 e. The second-order valence-electron chi connectivity index (χ2n) is 7.80. The van der Waals surface area contributed by atoms with Crippen molar-refractivity contribution in [2.75, 3.05) is 6.61 Å². The molecule has 0 spiro atoms. The third-order valence-corrected chi connectivity index (χ3v) is 5.16. The van der Waals surface area contributed by atoms with Gasteiger partial charge in [0, 0.05) is 5.56 Å². The van der Waals surface area contributed by atoms with Gasteiger partial charge in [0.05, 0.1) is 12.6 Å². The Morgan fingerprint density at radius 3 is 2.78 bits per heavy atom. The van der Waals surface area contributed by atoms with Crippen LogP contribution in [-0.2, 0) is 6.42 Å². The minimum absolute atomic E-state index is 0.220. The van der Waals surface area contributed by atoms with Gasteiger partial charge in [-0.15, -0.1) is 0 Å². The molecule has 5 heteroatoms. The first-order valence-electron chi connectivity index (χ1n) is 9.37. The summed E-state index contributed by atoms with van der Waals surface area (Å²) in [5, 5.41) is 11.8. The van der Waals surface area contributed by atoms with Crippen LogP contribution < -0.4 is 10.1 Å². The number of rotatable bonds is 6. The molecule has 1 amide bonds. The average molecular weight is 371 g/mol. The molecule has 27 heavy (non-hydrogen) atoms. The van der Waals surface area contributed by atoms with E-state index in [-0.39, 0.29) is 17.3 Å². The largest absolute Gasteiger partial charge is 0.493 e. The van der Waals surface area contributed by atoms with E-state index in [1.165, 1.54) is 12.1 Å². The summed E-state index contributed by atoms with van der Waals surface area (Å²) in [7, 11) is 0. The molecule has 1 aliphatic carbocycles. The van der Waals surface area contributed by atoms with Crippen molar-refractivity contribution in [2.45, 2.75) is 46.1 Å². The molecule has 1 unspecified atom stereocenters. The molecule has 3 rings (SSSR count). The summed E-state index contributed by atoms with van der Waals surface area (Å²) in [6.45, 7) is 6.79. The monoisotopic (exact) mass is 371 g/mol. The van der Waals surface area contributed by atoms with Crippen LogP contribution in [0, 0.1) is 11.2 Å². The molecule has 2 aromatic carbocycles. The Balaban J connectivity index is 1.97. The third kappa shape index (κ3) is 4.07. The molecule has 0 radical (unpaired) electrons. The van der Waals surface area contributed by atoms with Crippen LogP contribution in [0.1, 0.15) is 50.8 Å². The fourth-order valence-corrected chi connectivity index (χ4v) is 3.80. The predicted molar refractivity (Wildman–Crippen MR) is 104 cm³/mol. The lowest BCUT2D eigenvalue weighted by Gasteiger charge is -2.27. The fourth-order valence-electron chi connectivity index (χ4n) is 3.80. The summed E-state index contributed by atoms with van der Waals surface area (Å²) in [6, 6.07) is 10.2. The minimum Gasteiger partial charge on any atom is -0.493 e. The highest BCUT2D eigenvalue weighted by atomic mass is 19.1. The van der Waals surface area contributed by atoms with Gasteiger partial charge in [-0.2, -0.15) is 0 Å². The first-order chi connectivity index (χ1) is 12.8. The van der Waals surface area contributed by atoms with E-state index in [4.69, 9.17) is 9.84 Å². The summed E-state index contributed by atoms with van der Waals surface area (Å²) in [6.07, 6.45) is 1.70. The lowest BCUT2D eigenvalue weighted by Crippen LogP contribution is -2.34. The molecule has 0 aromatic heterocycles. The Bertz CT molecular complexity index is 847. The maximum Gasteiger partial charge on any atom is 0.405 e. The van der Waals surface area contributed by atoms with Crippen molar-refractivity contribution in [2.24, 2.45) is 5.41 Å². The van der Waals surface area contributed by atoms with Crippen LogP contribution in [0.25, 0.3) is 11.1 Å². The van der Waals surface area contributed by atoms with E-state index in [9.17, 15) is 9.18 Å². The van der Waals surface area contributed by atoms with Gasteiger partial charge in [0.15, 0.2) is 0 Å². The van der Waals surface area contributed by atoms with E-state index in [0.29, 0.717) is 12.4 Å². The van der Waals surface area contributed by atoms with Crippen LogP contribution in [0.5, 0.6) is 5.75 Å². The van der Waals surface area contributed by atoms with Gasteiger partial charge in [0.25, 0.3) is 0 Å². The first-order valence-corrected chi connectivity index (χ1v) is 9.37. The number of amides is 1. The molecular formula is C22H26FNO3. The van der Waals surface area contributed by atoms with Crippen molar-refractivity contribution in [3.05, 3.63) is 53.3 Å². The Labute approximate surface area is 159 Å². The molecule has 2 N–H and O–H groups in total. The minimum atomic E-state index is -1.03. The Kier molecular flexibility index (Phi) is 5.40. The Morgan fingerprint density at radius 2 is 2.07 bits per heavy atom. The number of ether oxygens (including phenoxy) is 1. The zero-order valence-corrected chi connectivity index (χ0v) is 16.0. The predicted octanol–water partition coefficient (Wildman–Crippen LogP) is 5.56. The van der Waals surface area contributed by atoms with Gasteiger partial charge in [-0.25, -0.2) is 9.18 Å². The number of carboxylic acid groups (broad SMARTS) is 1. The number of nitrogens with one attached hydrogen (secondary N) is 1. The summed E-state index contributed by atoms with van der Waals surface area (Å²) >= 11 is 0. The number of hydrogen-bond donors (Lipinski definition) is 2. The zero-order valence-electron chi connectivity index (χ0n) is 16.0. The van der Waals surface area contributed by atoms with Crippen LogP contribution in [0.2, 0.25) is 0 Å². The van der Waals surface area contributed by atoms with Gasteiger partial charge < -0.3 is 15.2 Å². The maximum absolute atomic E-state index is 13.9. The van der Waals surface area contributed by atoms with E-state index < -0.39 is 6.09 Å². The molecule has 2 aromatic rings. The highest BCUT2D eigenvalue weighted by Gasteiger charge is 2.40. The van der Waals surface area contributed by atoms with Crippen molar-refractivity contribution >= 4 is 6.09 Å². The average Bonchev–Trinajstić information content (AvgIpc) is 2.85. The highest BCUT2D eigenvalue weighted by molar-refractivity contribution is 5.72. The van der Waals surface area contributed by atoms with Crippen LogP contribution in [0.15, 0.2) is 36.4 Å². The van der Waals surface area contributed by atoms with E-state index in [1.807, 2.05) is 18.2 Å². The number of halogens is 1. The molecule has 144 valence electrons. The van der Waals surface area contributed by atoms with Crippen molar-refractivity contribution in [1.29, 1.82) is 0 Å². The van der Waals surface area contributed by atoms with Crippen molar-refractivity contribution in [1.82, 2.24) is 5.32 Å². The molecule has 0 bridgehead atoms. The Hall–Kier alpha value is -2.56. The molecule has 0 fully saturated rings. The van der Waals surface area contributed by atoms with Crippen molar-refractivity contribution in [3.63, 3.8) is 0 Å². The molecule has 1 aliphatic rings. The normalized spacial score (nSPS) is 17.4. The van der Waals surface area contributed by atoms with Gasteiger partial charge in [-0.1, -0.05) is 45.4 Å². The van der Waals surface area contributed by atoms with E-state index >= 15 is 0 Å². The fraction of sp³-hybridized carbons (Fsp3) is 0.409. The maximum atomic E-state index is 13.9. The molecule has 0 heterocycles. The standard InChI is InChI=1S/C22H26FNO3/c1-4-5-10-27-19-9-7-16(23)12-18(19)14-6-8-17-15(11-14)13-22(2,3)20(17)24-21(25)26/h6-9,11-12,20,24H,4-5,10,13H2,1-3H3,(H,25,26). The first kappa shape index (κ1) is 19.2. The summed E-state index contributed by atoms with van der Waals surface area (Å²) < 4.78 is 19.8. The number of unbranched alkanes of at least 4 members (excludes halogenated alkanes) is 1. The van der Waals surface area contributed by atoms with Gasteiger partial charge >= 0.3 is 6.09 Å². The molecule has 0 saturated carbocycles. The van der Waals surface area contributed by atoms with E-state index in [2.05, 4.69) is 26.1 Å². The van der Waals surface area contributed by atoms with E-state index in [1.54, 1.807) is 6.07 Å². The van der Waals surface area contributed by atoms with Gasteiger partial charge in [-0.05, 0) is 53.1 Å². The zero-order chi connectivity index (χ0) is 19.6. The topological polar surface area (TPSA) is 58.6 Å². The van der Waals surface area contributed by atoms with Crippen LogP contribution in [0.4, 0.5) is 9.18 Å². The second kappa shape index (κ2) is 7.59. The quantitative estimate of drug-likeness (QED) is 0.653. The summed E-state index contributed by atoms with van der Waals surface area (Å²) in [5.74, 6) is 0.362. The molecular weight excluding hydrogens is 345 g/mol.